The second-order valence-corrected chi connectivity index (χ2v) is 3.08. The van der Waals surface area contributed by atoms with Crippen LogP contribution in [0.3, 0.4) is 0 Å². The summed E-state index contributed by atoms with van der Waals surface area (Å²) >= 11 is 3.24. The van der Waals surface area contributed by atoms with Crippen molar-refractivity contribution in [2.24, 2.45) is 10.9 Å². The van der Waals surface area contributed by atoms with E-state index in [1.807, 2.05) is 0 Å². The Labute approximate surface area is 78.0 Å². The van der Waals surface area contributed by atoms with Crippen molar-refractivity contribution >= 4 is 27.5 Å². The van der Waals surface area contributed by atoms with Crippen LogP contribution in [0.4, 0.5) is 5.69 Å². The van der Waals surface area contributed by atoms with Gasteiger partial charge in [0.2, 0.25) is 0 Å². The second kappa shape index (κ2) is 3.44. The lowest BCUT2D eigenvalue weighted by atomic mass is 10.2. The molecule has 5 N–H and O–H groups in total. The lowest BCUT2D eigenvalue weighted by Gasteiger charge is -2.02. The first-order valence-electron chi connectivity index (χ1n) is 3.18. The molecule has 0 radical (unpaired) electrons. The molecule has 0 atom stereocenters. The van der Waals surface area contributed by atoms with E-state index in [2.05, 4.69) is 21.1 Å². The van der Waals surface area contributed by atoms with Crippen LogP contribution in [0.25, 0.3) is 0 Å². The Kier molecular flexibility index (Phi) is 2.54. The molecule has 0 aliphatic carbocycles. The molecule has 0 bridgehead atoms. The maximum atomic E-state index is 8.40. The fraction of sp³-hybridized carbons (Fsp3) is 0. The van der Waals surface area contributed by atoms with Gasteiger partial charge in [0.25, 0.3) is 0 Å². The number of anilines is 1. The number of rotatable bonds is 1. The van der Waals surface area contributed by atoms with Crippen molar-refractivity contribution in [2.45, 2.75) is 0 Å². The predicted octanol–water partition coefficient (Wildman–Crippen LogP) is 1.13. The Balaban J connectivity index is 3.23. The minimum absolute atomic E-state index is 0.0363. The van der Waals surface area contributed by atoms with Gasteiger partial charge in [-0.1, -0.05) is 21.1 Å². The van der Waals surface area contributed by atoms with Crippen LogP contribution in [-0.4, -0.2) is 11.0 Å². The van der Waals surface area contributed by atoms with Crippen molar-refractivity contribution in [3.63, 3.8) is 0 Å². The van der Waals surface area contributed by atoms with Crippen molar-refractivity contribution in [3.8, 4) is 0 Å². The quantitative estimate of drug-likeness (QED) is 0.222. The molecule has 0 unspecified atom stereocenters. The summed E-state index contributed by atoms with van der Waals surface area (Å²) in [6.07, 6.45) is 0. The highest BCUT2D eigenvalue weighted by Gasteiger charge is 2.04. The standard InChI is InChI=1S/C7H8BrN3O/c8-6-2-1-4(9)3-5(6)7(10)11-12/h1-3,12H,9H2,(H2,10,11). The molecule has 4 nitrogen and oxygen atoms in total. The van der Waals surface area contributed by atoms with Crippen LogP contribution in [0.5, 0.6) is 0 Å². The summed E-state index contributed by atoms with van der Waals surface area (Å²) in [4.78, 5) is 0. The molecule has 5 heteroatoms. The molecular formula is C7H8BrN3O. The highest BCUT2D eigenvalue weighted by Crippen LogP contribution is 2.18. The zero-order chi connectivity index (χ0) is 9.14. The number of hydrogen-bond donors (Lipinski definition) is 3. The molecule has 0 aliphatic rings. The van der Waals surface area contributed by atoms with E-state index in [1.165, 1.54) is 0 Å². The first-order valence-corrected chi connectivity index (χ1v) is 3.97. The molecule has 0 saturated carbocycles. The Morgan fingerprint density at radius 3 is 2.75 bits per heavy atom. The SMILES string of the molecule is N/C(=N\O)c1cc(N)ccc1Br. The maximum absolute atomic E-state index is 8.40. The van der Waals surface area contributed by atoms with Gasteiger partial charge in [-0.3, -0.25) is 0 Å². The van der Waals surface area contributed by atoms with Crippen molar-refractivity contribution in [1.29, 1.82) is 0 Å². The van der Waals surface area contributed by atoms with Gasteiger partial charge in [0.05, 0.1) is 0 Å². The molecule has 1 rings (SSSR count). The molecular weight excluding hydrogens is 222 g/mol. The highest BCUT2D eigenvalue weighted by atomic mass is 79.9. The normalized spacial score (nSPS) is 11.6. The van der Waals surface area contributed by atoms with E-state index < -0.39 is 0 Å². The van der Waals surface area contributed by atoms with E-state index in [0.29, 0.717) is 11.3 Å². The average molecular weight is 230 g/mol. The summed E-state index contributed by atoms with van der Waals surface area (Å²) in [5.74, 6) is 0.0363. The monoisotopic (exact) mass is 229 g/mol. The van der Waals surface area contributed by atoms with Gasteiger partial charge in [0.15, 0.2) is 5.84 Å². The van der Waals surface area contributed by atoms with Crippen LogP contribution in [0.1, 0.15) is 5.56 Å². The van der Waals surface area contributed by atoms with E-state index in [0.717, 1.165) is 4.47 Å². The third kappa shape index (κ3) is 1.68. The van der Waals surface area contributed by atoms with E-state index in [4.69, 9.17) is 16.7 Å². The average Bonchev–Trinajstić information content (AvgIpc) is 2.08. The fourth-order valence-corrected chi connectivity index (χ4v) is 1.24. The first-order chi connectivity index (χ1) is 5.65. The summed E-state index contributed by atoms with van der Waals surface area (Å²) in [5.41, 5.74) is 12.0. The number of halogens is 1. The van der Waals surface area contributed by atoms with Crippen LogP contribution in [0.15, 0.2) is 27.8 Å². The minimum atomic E-state index is 0.0363. The first kappa shape index (κ1) is 8.86. The van der Waals surface area contributed by atoms with Crippen LogP contribution in [-0.2, 0) is 0 Å². The summed E-state index contributed by atoms with van der Waals surface area (Å²) in [5, 5.41) is 11.3. The van der Waals surface area contributed by atoms with E-state index >= 15 is 0 Å². The van der Waals surface area contributed by atoms with Gasteiger partial charge in [-0.15, -0.1) is 0 Å². The Morgan fingerprint density at radius 1 is 1.50 bits per heavy atom. The molecule has 0 aliphatic heterocycles. The highest BCUT2D eigenvalue weighted by molar-refractivity contribution is 9.10. The topological polar surface area (TPSA) is 84.6 Å². The van der Waals surface area contributed by atoms with Crippen molar-refractivity contribution in [3.05, 3.63) is 28.2 Å². The molecule has 0 fully saturated rings. The fourth-order valence-electron chi connectivity index (χ4n) is 0.793. The molecule has 12 heavy (non-hydrogen) atoms. The Hall–Kier alpha value is -1.23. The minimum Gasteiger partial charge on any atom is -0.409 e. The maximum Gasteiger partial charge on any atom is 0.171 e. The van der Waals surface area contributed by atoms with Gasteiger partial charge in [-0.25, -0.2) is 0 Å². The number of nitrogen functional groups attached to an aromatic ring is 1. The van der Waals surface area contributed by atoms with Crippen LogP contribution >= 0.6 is 15.9 Å². The van der Waals surface area contributed by atoms with Gasteiger partial charge < -0.3 is 16.7 Å². The lowest BCUT2D eigenvalue weighted by molar-refractivity contribution is 0.318. The third-order valence-corrected chi connectivity index (χ3v) is 2.07. The molecule has 1 aromatic rings. The molecule has 64 valence electrons. The number of amidine groups is 1. The number of nitrogens with two attached hydrogens (primary N) is 2. The molecule has 0 spiro atoms. The van der Waals surface area contributed by atoms with E-state index in [9.17, 15) is 0 Å². The van der Waals surface area contributed by atoms with Gasteiger partial charge >= 0.3 is 0 Å². The van der Waals surface area contributed by atoms with E-state index in [1.54, 1.807) is 18.2 Å². The zero-order valence-corrected chi connectivity index (χ0v) is 7.75. The largest absolute Gasteiger partial charge is 0.409 e. The van der Waals surface area contributed by atoms with Gasteiger partial charge in [0, 0.05) is 15.7 Å². The zero-order valence-electron chi connectivity index (χ0n) is 6.16. The summed E-state index contributed by atoms with van der Waals surface area (Å²) in [6.45, 7) is 0. The van der Waals surface area contributed by atoms with Crippen molar-refractivity contribution in [1.82, 2.24) is 0 Å². The summed E-state index contributed by atoms with van der Waals surface area (Å²) in [7, 11) is 0. The Morgan fingerprint density at radius 2 is 2.17 bits per heavy atom. The number of benzene rings is 1. The van der Waals surface area contributed by atoms with Gasteiger partial charge in [-0.2, -0.15) is 0 Å². The molecule has 0 amide bonds. The summed E-state index contributed by atoms with van der Waals surface area (Å²) < 4.78 is 0.743. The lowest BCUT2D eigenvalue weighted by Crippen LogP contribution is -2.14. The third-order valence-electron chi connectivity index (χ3n) is 1.37. The van der Waals surface area contributed by atoms with Crippen molar-refractivity contribution < 1.29 is 5.21 Å². The predicted molar refractivity (Wildman–Crippen MR) is 51.1 cm³/mol. The molecule has 0 aromatic heterocycles. The molecule has 0 heterocycles. The number of nitrogens with zero attached hydrogens (tertiary/aromatic N) is 1. The second-order valence-electron chi connectivity index (χ2n) is 2.22. The van der Waals surface area contributed by atoms with Crippen LogP contribution in [0, 0.1) is 0 Å². The van der Waals surface area contributed by atoms with Crippen LogP contribution < -0.4 is 11.5 Å². The summed E-state index contributed by atoms with van der Waals surface area (Å²) in [6, 6.07) is 5.08. The van der Waals surface area contributed by atoms with Gasteiger partial charge in [0.1, 0.15) is 0 Å². The van der Waals surface area contributed by atoms with E-state index in [-0.39, 0.29) is 5.84 Å². The number of hydrogen-bond acceptors (Lipinski definition) is 3. The number of oxime groups is 1. The van der Waals surface area contributed by atoms with Crippen molar-refractivity contribution in [2.75, 3.05) is 5.73 Å². The van der Waals surface area contributed by atoms with Gasteiger partial charge in [-0.05, 0) is 18.2 Å². The Bertz CT molecular complexity index is 324. The smallest absolute Gasteiger partial charge is 0.171 e. The molecule has 0 saturated heterocycles. The molecule has 1 aromatic carbocycles. The van der Waals surface area contributed by atoms with Crippen LogP contribution in [0.2, 0.25) is 0 Å².